The van der Waals surface area contributed by atoms with Gasteiger partial charge in [0.25, 0.3) is 5.91 Å². The number of anilines is 1. The molecule has 3 heterocycles. The van der Waals surface area contributed by atoms with E-state index in [9.17, 15) is 4.79 Å². The minimum absolute atomic E-state index is 0.0817. The zero-order chi connectivity index (χ0) is 14.8. The van der Waals surface area contributed by atoms with Gasteiger partial charge in [0.1, 0.15) is 5.76 Å². The number of nitrogens with zero attached hydrogens (tertiary/aromatic N) is 4. The van der Waals surface area contributed by atoms with E-state index in [1.54, 1.807) is 24.2 Å². The molecule has 6 nitrogen and oxygen atoms in total. The van der Waals surface area contributed by atoms with E-state index in [4.69, 9.17) is 16.0 Å². The maximum absolute atomic E-state index is 12.3. The van der Waals surface area contributed by atoms with Crippen molar-refractivity contribution in [2.75, 3.05) is 31.1 Å². The predicted octanol–water partition coefficient (Wildman–Crippen LogP) is 1.99. The summed E-state index contributed by atoms with van der Waals surface area (Å²) < 4.78 is 5.09. The number of pyridine rings is 1. The summed E-state index contributed by atoms with van der Waals surface area (Å²) in [7, 11) is 0. The van der Waals surface area contributed by atoms with E-state index in [1.807, 2.05) is 6.07 Å². The normalized spacial score (nSPS) is 15.3. The lowest BCUT2D eigenvalue weighted by Crippen LogP contribution is -2.49. The molecule has 0 N–H and O–H groups in total. The molecule has 0 spiro atoms. The molecule has 1 fully saturated rings. The van der Waals surface area contributed by atoms with Crippen molar-refractivity contribution in [1.82, 2.24) is 14.9 Å². The van der Waals surface area contributed by atoms with Crippen LogP contribution in [0.3, 0.4) is 0 Å². The number of rotatable bonds is 2. The van der Waals surface area contributed by atoms with E-state index in [2.05, 4.69) is 14.9 Å². The van der Waals surface area contributed by atoms with Gasteiger partial charge in [-0.15, -0.1) is 0 Å². The molecule has 1 aliphatic rings. The topological polar surface area (TPSA) is 62.5 Å². The first kappa shape index (κ1) is 13.9. The van der Waals surface area contributed by atoms with Crippen LogP contribution < -0.4 is 4.90 Å². The number of aromatic nitrogens is 2. The summed E-state index contributed by atoms with van der Waals surface area (Å²) in [6.45, 7) is 4.46. The lowest BCUT2D eigenvalue weighted by molar-refractivity contribution is 0.0740. The first-order chi connectivity index (χ1) is 10.2. The summed E-state index contributed by atoms with van der Waals surface area (Å²) in [5, 5.41) is 0.629. The van der Waals surface area contributed by atoms with Crippen LogP contribution in [0.25, 0.3) is 0 Å². The summed E-state index contributed by atoms with van der Waals surface area (Å²) in [4.78, 5) is 24.3. The molecule has 0 aliphatic carbocycles. The molecular formula is C14H15ClN4O2. The Morgan fingerprint density at radius 3 is 2.71 bits per heavy atom. The monoisotopic (exact) mass is 306 g/mol. The lowest BCUT2D eigenvalue weighted by atomic mass is 10.2. The molecule has 2 aromatic heterocycles. The van der Waals surface area contributed by atoms with Crippen LogP contribution >= 0.6 is 11.6 Å². The van der Waals surface area contributed by atoms with Gasteiger partial charge < -0.3 is 14.2 Å². The van der Waals surface area contributed by atoms with Crippen LogP contribution in [0.1, 0.15) is 16.2 Å². The van der Waals surface area contributed by atoms with Gasteiger partial charge in [0, 0.05) is 38.6 Å². The second-order valence-corrected chi connectivity index (χ2v) is 5.27. The van der Waals surface area contributed by atoms with Gasteiger partial charge in [0.2, 0.25) is 0 Å². The Morgan fingerprint density at radius 2 is 2.10 bits per heavy atom. The third kappa shape index (κ3) is 2.71. The maximum Gasteiger partial charge on any atom is 0.276 e. The van der Waals surface area contributed by atoms with Crippen LogP contribution in [-0.4, -0.2) is 47.0 Å². The molecule has 0 bridgehead atoms. The maximum atomic E-state index is 12.3. The number of carbonyl (C=O) groups is 1. The molecule has 21 heavy (non-hydrogen) atoms. The van der Waals surface area contributed by atoms with Crippen molar-refractivity contribution in [1.29, 1.82) is 0 Å². The molecule has 1 saturated heterocycles. The van der Waals surface area contributed by atoms with Gasteiger partial charge in [0.15, 0.2) is 12.1 Å². The van der Waals surface area contributed by atoms with Gasteiger partial charge in [-0.2, -0.15) is 0 Å². The summed E-state index contributed by atoms with van der Waals surface area (Å²) in [5.41, 5.74) is 1.35. The van der Waals surface area contributed by atoms with Crippen molar-refractivity contribution in [3.8, 4) is 0 Å². The number of hydrogen-bond acceptors (Lipinski definition) is 5. The molecule has 0 radical (unpaired) electrons. The second-order valence-electron chi connectivity index (χ2n) is 4.86. The van der Waals surface area contributed by atoms with Crippen molar-refractivity contribution >= 4 is 23.2 Å². The fourth-order valence-corrected chi connectivity index (χ4v) is 2.67. The molecule has 0 saturated carbocycles. The molecule has 2 aromatic rings. The number of oxazole rings is 1. The largest absolute Gasteiger partial charge is 0.448 e. The Hall–Kier alpha value is -2.08. The Bertz CT molecular complexity index is 650. The average Bonchev–Trinajstić information content (AvgIpc) is 2.93. The van der Waals surface area contributed by atoms with E-state index in [0.29, 0.717) is 29.6 Å². The number of amides is 1. The number of hydrogen-bond donors (Lipinski definition) is 0. The lowest BCUT2D eigenvalue weighted by Gasteiger charge is -2.36. The fraction of sp³-hybridized carbons (Fsp3) is 0.357. The molecule has 0 unspecified atom stereocenters. The van der Waals surface area contributed by atoms with Crippen molar-refractivity contribution < 1.29 is 9.21 Å². The van der Waals surface area contributed by atoms with Gasteiger partial charge >= 0.3 is 0 Å². The third-order valence-corrected chi connectivity index (χ3v) is 3.90. The molecule has 1 aliphatic heterocycles. The van der Waals surface area contributed by atoms with E-state index in [0.717, 1.165) is 18.8 Å². The van der Waals surface area contributed by atoms with Crippen LogP contribution in [0.4, 0.5) is 5.69 Å². The third-order valence-electron chi connectivity index (χ3n) is 3.61. The van der Waals surface area contributed by atoms with Crippen molar-refractivity contribution in [3.05, 3.63) is 41.3 Å². The van der Waals surface area contributed by atoms with E-state index in [-0.39, 0.29) is 5.91 Å². The smallest absolute Gasteiger partial charge is 0.276 e. The van der Waals surface area contributed by atoms with Crippen LogP contribution in [0, 0.1) is 6.92 Å². The van der Waals surface area contributed by atoms with Gasteiger partial charge in [-0.05, 0) is 13.0 Å². The van der Waals surface area contributed by atoms with Crippen molar-refractivity contribution in [3.63, 3.8) is 0 Å². The molecule has 0 atom stereocenters. The first-order valence-electron chi connectivity index (χ1n) is 6.70. The predicted molar refractivity (Wildman–Crippen MR) is 78.6 cm³/mol. The van der Waals surface area contributed by atoms with Gasteiger partial charge in [-0.3, -0.25) is 9.78 Å². The number of piperazine rings is 1. The van der Waals surface area contributed by atoms with Crippen molar-refractivity contribution in [2.45, 2.75) is 6.92 Å². The second kappa shape index (κ2) is 5.73. The molecule has 3 rings (SSSR count). The average molecular weight is 307 g/mol. The quantitative estimate of drug-likeness (QED) is 0.849. The summed E-state index contributed by atoms with van der Waals surface area (Å²) in [6, 6.07) is 1.89. The molecule has 1 amide bonds. The van der Waals surface area contributed by atoms with Crippen LogP contribution in [0.2, 0.25) is 5.02 Å². The molecule has 7 heteroatoms. The highest BCUT2D eigenvalue weighted by molar-refractivity contribution is 6.33. The summed E-state index contributed by atoms with van der Waals surface area (Å²) in [5.74, 6) is 0.473. The van der Waals surface area contributed by atoms with Gasteiger partial charge in [0.05, 0.1) is 10.7 Å². The fourth-order valence-electron chi connectivity index (χ4n) is 2.44. The van der Waals surface area contributed by atoms with E-state index < -0.39 is 0 Å². The Balaban J connectivity index is 1.67. The van der Waals surface area contributed by atoms with Crippen molar-refractivity contribution in [2.24, 2.45) is 0 Å². The van der Waals surface area contributed by atoms with Gasteiger partial charge in [-0.1, -0.05) is 11.6 Å². The van der Waals surface area contributed by atoms with Gasteiger partial charge in [-0.25, -0.2) is 4.98 Å². The minimum atomic E-state index is -0.0817. The summed E-state index contributed by atoms with van der Waals surface area (Å²) in [6.07, 6.45) is 4.65. The van der Waals surface area contributed by atoms with E-state index in [1.165, 1.54) is 6.39 Å². The molecular weight excluding hydrogens is 292 g/mol. The highest BCUT2D eigenvalue weighted by atomic mass is 35.5. The zero-order valence-corrected chi connectivity index (χ0v) is 12.4. The Morgan fingerprint density at radius 1 is 1.33 bits per heavy atom. The Labute approximate surface area is 127 Å². The van der Waals surface area contributed by atoms with Crippen LogP contribution in [0.15, 0.2) is 29.3 Å². The van der Waals surface area contributed by atoms with Crippen LogP contribution in [0.5, 0.6) is 0 Å². The Kier molecular flexibility index (Phi) is 3.79. The number of aryl methyl sites for hydroxylation is 1. The standard InChI is InChI=1S/C14H15ClN4O2/c1-10-13(17-9-21-10)14(20)19-6-4-18(5-7-19)12-2-3-16-8-11(12)15/h2-3,8-9H,4-7H2,1H3. The molecule has 0 aromatic carbocycles. The SMILES string of the molecule is Cc1ocnc1C(=O)N1CCN(c2ccncc2Cl)CC1. The number of carbonyl (C=O) groups excluding carboxylic acids is 1. The number of halogens is 1. The zero-order valence-electron chi connectivity index (χ0n) is 11.6. The highest BCUT2D eigenvalue weighted by Crippen LogP contribution is 2.25. The first-order valence-corrected chi connectivity index (χ1v) is 7.08. The highest BCUT2D eigenvalue weighted by Gasteiger charge is 2.25. The molecule has 110 valence electrons. The summed E-state index contributed by atoms with van der Waals surface area (Å²) >= 11 is 6.15. The minimum Gasteiger partial charge on any atom is -0.448 e. The van der Waals surface area contributed by atoms with Crippen LogP contribution in [-0.2, 0) is 0 Å². The van der Waals surface area contributed by atoms with E-state index >= 15 is 0 Å².